The van der Waals surface area contributed by atoms with E-state index in [0.717, 1.165) is 11.1 Å². The molecule has 4 nitrogen and oxygen atoms in total. The minimum absolute atomic E-state index is 0.288. The van der Waals surface area contributed by atoms with Crippen molar-refractivity contribution in [2.24, 2.45) is 0 Å². The number of ether oxygens (including phenoxy) is 3. The van der Waals surface area contributed by atoms with Gasteiger partial charge in [0.05, 0.1) is 18.2 Å². The summed E-state index contributed by atoms with van der Waals surface area (Å²) in [5.41, 5.74) is 1.74. The molecule has 4 heteroatoms. The van der Waals surface area contributed by atoms with Crippen LogP contribution in [0.5, 0.6) is 5.75 Å². The van der Waals surface area contributed by atoms with Crippen molar-refractivity contribution in [1.82, 2.24) is 0 Å². The molecule has 0 saturated heterocycles. The number of hydrogen-bond donors (Lipinski definition) is 0. The van der Waals surface area contributed by atoms with E-state index in [-0.39, 0.29) is 6.10 Å². The highest BCUT2D eigenvalue weighted by molar-refractivity contribution is 5.90. The molecule has 0 saturated carbocycles. The third kappa shape index (κ3) is 3.54. The molecule has 1 atom stereocenters. The van der Waals surface area contributed by atoms with Crippen LogP contribution >= 0.6 is 0 Å². The number of benzene rings is 2. The van der Waals surface area contributed by atoms with Gasteiger partial charge < -0.3 is 14.2 Å². The summed E-state index contributed by atoms with van der Waals surface area (Å²) in [6.45, 7) is 2.47. The van der Waals surface area contributed by atoms with E-state index in [4.69, 9.17) is 14.2 Å². The van der Waals surface area contributed by atoms with Gasteiger partial charge in [0.15, 0.2) is 6.10 Å². The molecule has 2 aromatic rings. The highest BCUT2D eigenvalue weighted by Crippen LogP contribution is 2.35. The summed E-state index contributed by atoms with van der Waals surface area (Å²) < 4.78 is 17.0. The Morgan fingerprint density at radius 2 is 1.91 bits per heavy atom. The van der Waals surface area contributed by atoms with Crippen LogP contribution in [0.25, 0.3) is 5.76 Å². The van der Waals surface area contributed by atoms with E-state index in [2.05, 4.69) is 0 Å². The van der Waals surface area contributed by atoms with Gasteiger partial charge in [-0.25, -0.2) is 4.79 Å². The van der Waals surface area contributed by atoms with E-state index in [1.165, 1.54) is 6.08 Å². The normalized spacial score (nSPS) is 18.3. The first-order valence-corrected chi connectivity index (χ1v) is 7.60. The molecule has 1 aliphatic heterocycles. The molecular weight excluding hydrogens is 292 g/mol. The second-order valence-electron chi connectivity index (χ2n) is 5.08. The minimum Gasteiger partial charge on any atom is -0.489 e. The fourth-order valence-electron chi connectivity index (χ4n) is 2.45. The van der Waals surface area contributed by atoms with Gasteiger partial charge in [-0.1, -0.05) is 42.5 Å². The molecule has 0 amide bonds. The van der Waals surface area contributed by atoms with Crippen LogP contribution < -0.4 is 4.74 Å². The fraction of sp³-hybridized carbons (Fsp3) is 0.211. The van der Waals surface area contributed by atoms with E-state index in [0.29, 0.717) is 24.7 Å². The Bertz CT molecular complexity index is 706. The summed E-state index contributed by atoms with van der Waals surface area (Å²) in [7, 11) is 0. The van der Waals surface area contributed by atoms with Gasteiger partial charge in [-0.05, 0) is 24.6 Å². The second-order valence-corrected chi connectivity index (χ2v) is 5.08. The van der Waals surface area contributed by atoms with E-state index >= 15 is 0 Å². The van der Waals surface area contributed by atoms with Gasteiger partial charge in [0.2, 0.25) is 0 Å². The lowest BCUT2D eigenvalue weighted by Crippen LogP contribution is -2.11. The van der Waals surface area contributed by atoms with Gasteiger partial charge in [0.1, 0.15) is 18.1 Å². The molecule has 1 heterocycles. The first-order valence-electron chi connectivity index (χ1n) is 7.60. The SMILES string of the molecule is CCOC(=O)/C=C1\O[C@@H](c2ccccc2)COc2ccccc21. The van der Waals surface area contributed by atoms with E-state index in [9.17, 15) is 4.79 Å². The van der Waals surface area contributed by atoms with Crippen LogP contribution in [-0.4, -0.2) is 19.2 Å². The third-order valence-corrected chi connectivity index (χ3v) is 3.52. The van der Waals surface area contributed by atoms with E-state index in [1.807, 2.05) is 54.6 Å². The lowest BCUT2D eigenvalue weighted by atomic mass is 10.1. The molecule has 23 heavy (non-hydrogen) atoms. The summed E-state index contributed by atoms with van der Waals surface area (Å²) in [4.78, 5) is 11.9. The predicted octanol–water partition coefficient (Wildman–Crippen LogP) is 3.74. The zero-order chi connectivity index (χ0) is 16.1. The van der Waals surface area contributed by atoms with Gasteiger partial charge in [-0.3, -0.25) is 0 Å². The minimum atomic E-state index is -0.425. The largest absolute Gasteiger partial charge is 0.489 e. The first-order chi connectivity index (χ1) is 11.3. The Balaban J connectivity index is 1.96. The molecule has 1 aliphatic rings. The van der Waals surface area contributed by atoms with Crippen molar-refractivity contribution in [3.63, 3.8) is 0 Å². The zero-order valence-electron chi connectivity index (χ0n) is 12.9. The summed E-state index contributed by atoms with van der Waals surface area (Å²) in [5, 5.41) is 0. The molecule has 118 valence electrons. The molecule has 3 rings (SSSR count). The lowest BCUT2D eigenvalue weighted by molar-refractivity contribution is -0.137. The Morgan fingerprint density at radius 3 is 2.70 bits per heavy atom. The molecule has 0 bridgehead atoms. The Hall–Kier alpha value is -2.75. The molecule has 0 radical (unpaired) electrons. The van der Waals surface area contributed by atoms with Gasteiger partial charge in [-0.2, -0.15) is 0 Å². The maximum atomic E-state index is 11.9. The molecule has 0 aromatic heterocycles. The van der Waals surface area contributed by atoms with Gasteiger partial charge >= 0.3 is 5.97 Å². The molecule has 0 aliphatic carbocycles. The maximum absolute atomic E-state index is 11.9. The standard InChI is InChI=1S/C19H18O4/c1-2-21-19(20)12-17-15-10-6-7-11-16(15)22-13-18(23-17)14-8-4-3-5-9-14/h3-12,18H,2,13H2,1H3/b17-12-/t18-/m1/s1. The number of fused-ring (bicyclic) bond motifs is 1. The zero-order valence-corrected chi connectivity index (χ0v) is 12.9. The van der Waals surface area contributed by atoms with Crippen molar-refractivity contribution in [2.75, 3.05) is 13.2 Å². The molecule has 0 spiro atoms. The summed E-state index contributed by atoms with van der Waals surface area (Å²) >= 11 is 0. The fourth-order valence-corrected chi connectivity index (χ4v) is 2.45. The monoisotopic (exact) mass is 310 g/mol. The number of carbonyl (C=O) groups is 1. The summed E-state index contributed by atoms with van der Waals surface area (Å²) in [5.74, 6) is 0.734. The smallest absolute Gasteiger partial charge is 0.334 e. The number of para-hydroxylation sites is 1. The molecule has 0 fully saturated rings. The average molecular weight is 310 g/mol. The van der Waals surface area contributed by atoms with Crippen LogP contribution in [0.1, 0.15) is 24.2 Å². The first kappa shape index (κ1) is 15.2. The molecular formula is C19H18O4. The van der Waals surface area contributed by atoms with E-state index in [1.54, 1.807) is 6.92 Å². The van der Waals surface area contributed by atoms with Crippen LogP contribution in [0.15, 0.2) is 60.7 Å². The van der Waals surface area contributed by atoms with Crippen molar-refractivity contribution in [3.8, 4) is 5.75 Å². The molecule has 0 unspecified atom stereocenters. The average Bonchev–Trinajstić information content (AvgIpc) is 2.76. The topological polar surface area (TPSA) is 44.8 Å². The molecule has 2 aromatic carbocycles. The molecule has 0 N–H and O–H groups in total. The van der Waals surface area contributed by atoms with Crippen LogP contribution in [0.2, 0.25) is 0 Å². The third-order valence-electron chi connectivity index (χ3n) is 3.52. The van der Waals surface area contributed by atoms with Gasteiger partial charge in [-0.15, -0.1) is 0 Å². The van der Waals surface area contributed by atoms with Crippen LogP contribution in [0.4, 0.5) is 0 Å². The van der Waals surface area contributed by atoms with Crippen molar-refractivity contribution >= 4 is 11.7 Å². The number of esters is 1. The van der Waals surface area contributed by atoms with Crippen LogP contribution in [-0.2, 0) is 14.3 Å². The lowest BCUT2D eigenvalue weighted by Gasteiger charge is -2.17. The van der Waals surface area contributed by atoms with E-state index < -0.39 is 5.97 Å². The highest BCUT2D eigenvalue weighted by Gasteiger charge is 2.24. The predicted molar refractivity (Wildman–Crippen MR) is 86.8 cm³/mol. The van der Waals surface area contributed by atoms with Gasteiger partial charge in [0, 0.05) is 0 Å². The van der Waals surface area contributed by atoms with Gasteiger partial charge in [0.25, 0.3) is 0 Å². The van der Waals surface area contributed by atoms with Crippen LogP contribution in [0.3, 0.4) is 0 Å². The highest BCUT2D eigenvalue weighted by atomic mass is 16.6. The number of carbonyl (C=O) groups excluding carboxylic acids is 1. The quantitative estimate of drug-likeness (QED) is 0.640. The van der Waals surface area contributed by atoms with Crippen molar-refractivity contribution in [3.05, 3.63) is 71.8 Å². The number of hydrogen-bond acceptors (Lipinski definition) is 4. The Morgan fingerprint density at radius 1 is 1.17 bits per heavy atom. The van der Waals surface area contributed by atoms with Crippen molar-refractivity contribution in [1.29, 1.82) is 0 Å². The second kappa shape index (κ2) is 7.01. The summed E-state index contributed by atoms with van der Waals surface area (Å²) in [6.07, 6.45) is 1.09. The van der Waals surface area contributed by atoms with Crippen molar-refractivity contribution < 1.29 is 19.0 Å². The summed E-state index contributed by atoms with van der Waals surface area (Å²) in [6, 6.07) is 17.3. The maximum Gasteiger partial charge on any atom is 0.334 e. The van der Waals surface area contributed by atoms with Crippen molar-refractivity contribution in [2.45, 2.75) is 13.0 Å². The Labute approximate surface area is 135 Å². The van der Waals surface area contributed by atoms with Crippen LogP contribution in [0, 0.1) is 0 Å². The number of rotatable bonds is 3. The Kier molecular flexibility index (Phi) is 4.62.